The van der Waals surface area contributed by atoms with Crippen molar-refractivity contribution in [3.8, 4) is 0 Å². The summed E-state index contributed by atoms with van der Waals surface area (Å²) in [4.78, 5) is 10.4. The lowest BCUT2D eigenvalue weighted by atomic mass is 10.1. The lowest BCUT2D eigenvalue weighted by Gasteiger charge is -2.08. The molecule has 0 aromatic carbocycles. The summed E-state index contributed by atoms with van der Waals surface area (Å²) in [5, 5.41) is 3.09. The Morgan fingerprint density at radius 1 is 1.10 bits per heavy atom. The number of ketones is 1. The highest BCUT2D eigenvalue weighted by Crippen LogP contribution is 1.91. The summed E-state index contributed by atoms with van der Waals surface area (Å²) in [6, 6.07) is 0. The van der Waals surface area contributed by atoms with Gasteiger partial charge in [-0.1, -0.05) is 0 Å². The molecular formula is C5H14ClNO3. The number of hydrogen-bond donors (Lipinski definition) is 1. The van der Waals surface area contributed by atoms with Crippen LogP contribution in [0.5, 0.6) is 0 Å². The van der Waals surface area contributed by atoms with Crippen molar-refractivity contribution in [1.82, 2.24) is 5.32 Å². The fourth-order valence-corrected chi connectivity index (χ4v) is 0.706. The van der Waals surface area contributed by atoms with E-state index in [0.717, 1.165) is 25.9 Å². The van der Waals surface area contributed by atoms with E-state index >= 15 is 0 Å². The predicted molar refractivity (Wildman–Crippen MR) is 41.6 cm³/mol. The number of Topliss-reactive ketones (excluding diaryl/α,β-unsaturated/α-hetero) is 1. The number of nitrogens with one attached hydrogen (secondary N) is 1. The van der Waals surface area contributed by atoms with Gasteiger partial charge < -0.3 is 16.3 Å². The zero-order valence-electron chi connectivity index (χ0n) is 5.64. The van der Waals surface area contributed by atoms with E-state index < -0.39 is 0 Å². The van der Waals surface area contributed by atoms with E-state index in [1.807, 2.05) is 0 Å². The van der Waals surface area contributed by atoms with Crippen LogP contribution in [-0.4, -0.2) is 29.8 Å². The Kier molecular flexibility index (Phi) is 14.5. The monoisotopic (exact) mass is 171 g/mol. The maximum atomic E-state index is 10.4. The Morgan fingerprint density at radius 3 is 1.70 bits per heavy atom. The molecule has 10 heavy (non-hydrogen) atoms. The summed E-state index contributed by atoms with van der Waals surface area (Å²) < 4.78 is 0. The quantitative estimate of drug-likeness (QED) is 0.491. The molecule has 0 aliphatic carbocycles. The third kappa shape index (κ3) is 5.97. The molecule has 0 unspecified atom stereocenters. The van der Waals surface area contributed by atoms with Crippen LogP contribution in [0.25, 0.3) is 0 Å². The molecule has 0 saturated carbocycles. The van der Waals surface area contributed by atoms with Gasteiger partial charge in [-0.3, -0.25) is 4.79 Å². The fraction of sp³-hybridized carbons (Fsp3) is 0.800. The molecule has 0 amide bonds. The van der Waals surface area contributed by atoms with Crippen molar-refractivity contribution in [3.05, 3.63) is 0 Å². The Morgan fingerprint density at radius 2 is 1.50 bits per heavy atom. The van der Waals surface area contributed by atoms with E-state index in [4.69, 9.17) is 0 Å². The Balaban J connectivity index is -0.000000163. The minimum atomic E-state index is 0. The summed E-state index contributed by atoms with van der Waals surface area (Å²) in [5.74, 6) is 0.402. The van der Waals surface area contributed by atoms with Crippen LogP contribution >= 0.6 is 12.4 Å². The Hall–Kier alpha value is -0.160. The number of carbonyl (C=O) groups is 1. The predicted octanol–water partition coefficient (Wildman–Crippen LogP) is -1.29. The highest BCUT2D eigenvalue weighted by atomic mass is 35.5. The number of piperidine rings is 1. The average molecular weight is 172 g/mol. The van der Waals surface area contributed by atoms with Crippen molar-refractivity contribution >= 4 is 18.2 Å². The molecule has 5 N–H and O–H groups in total. The zero-order chi connectivity index (χ0) is 5.11. The zero-order valence-corrected chi connectivity index (χ0v) is 6.46. The minimum absolute atomic E-state index is 0. The van der Waals surface area contributed by atoms with Crippen LogP contribution in [0.2, 0.25) is 0 Å². The van der Waals surface area contributed by atoms with Gasteiger partial charge in [0.05, 0.1) is 0 Å². The third-order valence-corrected chi connectivity index (χ3v) is 1.16. The van der Waals surface area contributed by atoms with Gasteiger partial charge in [0.2, 0.25) is 0 Å². The number of hydrogen-bond acceptors (Lipinski definition) is 2. The molecule has 0 aromatic heterocycles. The second-order valence-electron chi connectivity index (χ2n) is 1.79. The van der Waals surface area contributed by atoms with Crippen LogP contribution in [0.1, 0.15) is 12.8 Å². The molecule has 1 aliphatic rings. The average Bonchev–Trinajstić information content (AvgIpc) is 1.69. The van der Waals surface area contributed by atoms with Crippen LogP contribution in [0.15, 0.2) is 0 Å². The van der Waals surface area contributed by atoms with Crippen molar-refractivity contribution in [2.24, 2.45) is 0 Å². The first-order valence-corrected chi connectivity index (χ1v) is 2.62. The minimum Gasteiger partial charge on any atom is -0.412 e. The highest BCUT2D eigenvalue weighted by molar-refractivity contribution is 5.85. The van der Waals surface area contributed by atoms with Gasteiger partial charge in [-0.05, 0) is 0 Å². The lowest BCUT2D eigenvalue weighted by molar-refractivity contribution is -0.119. The SMILES string of the molecule is Cl.O.O.O=C1CCNCC1. The first kappa shape index (κ1) is 16.4. The second-order valence-corrected chi connectivity index (χ2v) is 1.79. The van der Waals surface area contributed by atoms with Crippen molar-refractivity contribution < 1.29 is 15.7 Å². The Bertz CT molecular complexity index is 81.0. The van der Waals surface area contributed by atoms with E-state index in [2.05, 4.69) is 5.32 Å². The molecule has 0 atom stereocenters. The van der Waals surface area contributed by atoms with E-state index in [1.54, 1.807) is 0 Å². The largest absolute Gasteiger partial charge is 0.412 e. The maximum absolute atomic E-state index is 10.4. The summed E-state index contributed by atoms with van der Waals surface area (Å²) in [6.07, 6.45) is 1.47. The van der Waals surface area contributed by atoms with Crippen molar-refractivity contribution in [2.45, 2.75) is 12.8 Å². The van der Waals surface area contributed by atoms with Gasteiger partial charge >= 0.3 is 0 Å². The molecule has 1 heterocycles. The second kappa shape index (κ2) is 8.84. The van der Waals surface area contributed by atoms with Crippen molar-refractivity contribution in [2.75, 3.05) is 13.1 Å². The highest BCUT2D eigenvalue weighted by Gasteiger charge is 2.04. The molecule has 1 fully saturated rings. The summed E-state index contributed by atoms with van der Waals surface area (Å²) in [7, 11) is 0. The summed E-state index contributed by atoms with van der Waals surface area (Å²) >= 11 is 0. The van der Waals surface area contributed by atoms with E-state index in [9.17, 15) is 4.79 Å². The van der Waals surface area contributed by atoms with Gasteiger partial charge in [0.25, 0.3) is 0 Å². The van der Waals surface area contributed by atoms with Crippen molar-refractivity contribution in [1.29, 1.82) is 0 Å². The molecule has 0 aromatic rings. The molecule has 64 valence electrons. The van der Waals surface area contributed by atoms with Gasteiger partial charge in [-0.2, -0.15) is 0 Å². The first-order chi connectivity index (χ1) is 3.39. The van der Waals surface area contributed by atoms with Gasteiger partial charge in [-0.15, -0.1) is 12.4 Å². The fourth-order valence-electron chi connectivity index (χ4n) is 0.706. The molecule has 5 heteroatoms. The molecule has 0 spiro atoms. The Labute approximate surface area is 66.0 Å². The van der Waals surface area contributed by atoms with Crippen LogP contribution in [-0.2, 0) is 4.79 Å². The molecule has 0 radical (unpaired) electrons. The van der Waals surface area contributed by atoms with Crippen LogP contribution in [0, 0.1) is 0 Å². The molecule has 0 bridgehead atoms. The smallest absolute Gasteiger partial charge is 0.135 e. The van der Waals surface area contributed by atoms with Crippen LogP contribution in [0.3, 0.4) is 0 Å². The summed E-state index contributed by atoms with van der Waals surface area (Å²) in [6.45, 7) is 1.78. The van der Waals surface area contributed by atoms with E-state index in [-0.39, 0.29) is 23.4 Å². The number of carbonyl (C=O) groups excluding carboxylic acids is 1. The molecule has 1 rings (SSSR count). The molecule has 1 saturated heterocycles. The van der Waals surface area contributed by atoms with Gasteiger partial charge in [0, 0.05) is 25.9 Å². The normalized spacial score (nSPS) is 15.8. The maximum Gasteiger partial charge on any atom is 0.135 e. The standard InChI is InChI=1S/C5H9NO.ClH.2H2O/c7-5-1-3-6-4-2-5;;;/h6H,1-4H2;1H;2*1H2. The van der Waals surface area contributed by atoms with Crippen LogP contribution in [0.4, 0.5) is 0 Å². The lowest BCUT2D eigenvalue weighted by Crippen LogP contribution is -2.27. The number of halogens is 1. The molecular weight excluding hydrogens is 158 g/mol. The topological polar surface area (TPSA) is 92.1 Å². The third-order valence-electron chi connectivity index (χ3n) is 1.16. The van der Waals surface area contributed by atoms with Crippen molar-refractivity contribution in [3.63, 3.8) is 0 Å². The van der Waals surface area contributed by atoms with Gasteiger partial charge in [0.15, 0.2) is 0 Å². The van der Waals surface area contributed by atoms with Crippen LogP contribution < -0.4 is 5.32 Å². The summed E-state index contributed by atoms with van der Waals surface area (Å²) in [5.41, 5.74) is 0. The van der Waals surface area contributed by atoms with Gasteiger partial charge in [0.1, 0.15) is 5.78 Å². The van der Waals surface area contributed by atoms with E-state index in [1.165, 1.54) is 0 Å². The van der Waals surface area contributed by atoms with E-state index in [0.29, 0.717) is 5.78 Å². The first-order valence-electron chi connectivity index (χ1n) is 2.62. The van der Waals surface area contributed by atoms with Gasteiger partial charge in [-0.25, -0.2) is 0 Å². The molecule has 4 nitrogen and oxygen atoms in total. The number of rotatable bonds is 0. The molecule has 1 aliphatic heterocycles.